The fourth-order valence-electron chi connectivity index (χ4n) is 1.56. The van der Waals surface area contributed by atoms with Gasteiger partial charge in [0, 0.05) is 20.2 Å². The average molecular weight is 236 g/mol. The summed E-state index contributed by atoms with van der Waals surface area (Å²) >= 11 is 0. The first kappa shape index (κ1) is 12.9. The zero-order chi connectivity index (χ0) is 11.3. The Kier molecular flexibility index (Phi) is 4.98. The molecule has 5 nitrogen and oxygen atoms in total. The van der Waals surface area contributed by atoms with Crippen molar-refractivity contribution in [2.45, 2.75) is 19.4 Å². The van der Waals surface area contributed by atoms with Gasteiger partial charge in [0.15, 0.2) is 0 Å². The van der Waals surface area contributed by atoms with Crippen molar-refractivity contribution in [1.82, 2.24) is 9.62 Å². The van der Waals surface area contributed by atoms with Crippen LogP contribution in [0.4, 0.5) is 0 Å². The van der Waals surface area contributed by atoms with Gasteiger partial charge >= 0.3 is 0 Å². The van der Waals surface area contributed by atoms with Crippen LogP contribution >= 0.6 is 0 Å². The maximum atomic E-state index is 11.8. The molecule has 0 spiro atoms. The first-order valence-electron chi connectivity index (χ1n) is 5.32. The highest BCUT2D eigenvalue weighted by Gasteiger charge is 2.28. The number of nitrogens with zero attached hydrogens (tertiary/aromatic N) is 1. The standard InChI is InChI=1S/C9H20N2O3S/c1-3-10-5-7-15(12,13)11(2)9-4-6-14-8-9/h9-10H,3-8H2,1-2H3. The SMILES string of the molecule is CCNCCS(=O)(=O)N(C)C1CCOC1. The smallest absolute Gasteiger partial charge is 0.215 e. The molecule has 0 aromatic heterocycles. The van der Waals surface area contributed by atoms with Gasteiger partial charge in [-0.15, -0.1) is 0 Å². The molecule has 1 aliphatic heterocycles. The maximum Gasteiger partial charge on any atom is 0.215 e. The van der Waals surface area contributed by atoms with Crippen molar-refractivity contribution in [2.75, 3.05) is 39.1 Å². The molecule has 1 fully saturated rings. The Bertz CT molecular complexity index is 273. The first-order chi connectivity index (χ1) is 7.08. The molecule has 0 aromatic rings. The summed E-state index contributed by atoms with van der Waals surface area (Å²) in [5.74, 6) is 0.161. The van der Waals surface area contributed by atoms with E-state index in [0.29, 0.717) is 19.8 Å². The predicted molar refractivity (Wildman–Crippen MR) is 59.3 cm³/mol. The highest BCUT2D eigenvalue weighted by atomic mass is 32.2. The van der Waals surface area contributed by atoms with Crippen LogP contribution in [-0.4, -0.2) is 57.9 Å². The number of ether oxygens (including phenoxy) is 1. The van der Waals surface area contributed by atoms with Crippen molar-refractivity contribution in [2.24, 2.45) is 0 Å². The van der Waals surface area contributed by atoms with Gasteiger partial charge in [-0.25, -0.2) is 8.42 Å². The lowest BCUT2D eigenvalue weighted by molar-refractivity contribution is 0.181. The lowest BCUT2D eigenvalue weighted by Crippen LogP contribution is -2.40. The zero-order valence-electron chi connectivity index (χ0n) is 9.40. The molecule has 0 aliphatic carbocycles. The highest BCUT2D eigenvalue weighted by molar-refractivity contribution is 7.89. The van der Waals surface area contributed by atoms with Crippen molar-refractivity contribution >= 4 is 10.0 Å². The van der Waals surface area contributed by atoms with Crippen LogP contribution in [-0.2, 0) is 14.8 Å². The Balaban J connectivity index is 2.44. The number of likely N-dealkylation sites (N-methyl/N-ethyl adjacent to an activating group) is 1. The van der Waals surface area contributed by atoms with Crippen molar-refractivity contribution in [1.29, 1.82) is 0 Å². The summed E-state index contributed by atoms with van der Waals surface area (Å²) in [6, 6.07) is 0.0247. The van der Waals surface area contributed by atoms with Crippen LogP contribution in [0.2, 0.25) is 0 Å². The molecule has 0 saturated carbocycles. The Morgan fingerprint density at radius 2 is 2.27 bits per heavy atom. The zero-order valence-corrected chi connectivity index (χ0v) is 10.2. The maximum absolute atomic E-state index is 11.8. The molecule has 0 radical (unpaired) electrons. The van der Waals surface area contributed by atoms with E-state index in [4.69, 9.17) is 4.74 Å². The molecule has 0 aromatic carbocycles. The minimum absolute atomic E-state index is 0.0247. The number of hydrogen-bond acceptors (Lipinski definition) is 4. The number of hydrogen-bond donors (Lipinski definition) is 1. The Morgan fingerprint density at radius 3 is 2.80 bits per heavy atom. The summed E-state index contributed by atoms with van der Waals surface area (Å²) in [4.78, 5) is 0. The monoisotopic (exact) mass is 236 g/mol. The summed E-state index contributed by atoms with van der Waals surface area (Å²) in [5.41, 5.74) is 0. The van der Waals surface area contributed by atoms with E-state index in [0.717, 1.165) is 13.0 Å². The summed E-state index contributed by atoms with van der Waals surface area (Å²) < 4.78 is 30.3. The minimum atomic E-state index is -3.13. The van der Waals surface area contributed by atoms with Gasteiger partial charge in [-0.05, 0) is 13.0 Å². The van der Waals surface area contributed by atoms with Crippen LogP contribution < -0.4 is 5.32 Å². The van der Waals surface area contributed by atoms with Gasteiger partial charge in [0.2, 0.25) is 10.0 Å². The quantitative estimate of drug-likeness (QED) is 0.640. The van der Waals surface area contributed by atoms with Crippen molar-refractivity contribution in [3.05, 3.63) is 0 Å². The summed E-state index contributed by atoms with van der Waals surface area (Å²) in [7, 11) is -1.49. The summed E-state index contributed by atoms with van der Waals surface area (Å²) in [6.07, 6.45) is 0.803. The highest BCUT2D eigenvalue weighted by Crippen LogP contribution is 2.14. The van der Waals surface area contributed by atoms with E-state index in [-0.39, 0.29) is 11.8 Å². The molecular weight excluding hydrogens is 216 g/mol. The van der Waals surface area contributed by atoms with Gasteiger partial charge in [0.25, 0.3) is 0 Å². The number of rotatable bonds is 6. The van der Waals surface area contributed by atoms with Gasteiger partial charge in [0.05, 0.1) is 18.4 Å². The van der Waals surface area contributed by atoms with Crippen LogP contribution in [0.1, 0.15) is 13.3 Å². The van der Waals surface area contributed by atoms with E-state index in [2.05, 4.69) is 5.32 Å². The Labute approximate surface area is 91.8 Å². The molecule has 1 saturated heterocycles. The van der Waals surface area contributed by atoms with Crippen LogP contribution in [0.15, 0.2) is 0 Å². The van der Waals surface area contributed by atoms with E-state index < -0.39 is 10.0 Å². The lowest BCUT2D eigenvalue weighted by atomic mass is 10.3. The van der Waals surface area contributed by atoms with Crippen molar-refractivity contribution in [3.63, 3.8) is 0 Å². The summed E-state index contributed by atoms with van der Waals surface area (Å²) in [5, 5.41) is 3.01. The van der Waals surface area contributed by atoms with Crippen molar-refractivity contribution < 1.29 is 13.2 Å². The van der Waals surface area contributed by atoms with Crippen LogP contribution in [0, 0.1) is 0 Å². The lowest BCUT2D eigenvalue weighted by Gasteiger charge is -2.22. The second-order valence-electron chi connectivity index (χ2n) is 3.70. The molecule has 1 aliphatic rings. The topological polar surface area (TPSA) is 58.6 Å². The second-order valence-corrected chi connectivity index (χ2v) is 5.85. The van der Waals surface area contributed by atoms with E-state index in [1.54, 1.807) is 7.05 Å². The van der Waals surface area contributed by atoms with E-state index >= 15 is 0 Å². The third kappa shape index (κ3) is 3.71. The molecule has 15 heavy (non-hydrogen) atoms. The second kappa shape index (κ2) is 5.79. The van der Waals surface area contributed by atoms with Crippen LogP contribution in [0.5, 0.6) is 0 Å². The van der Waals surface area contributed by atoms with Crippen LogP contribution in [0.3, 0.4) is 0 Å². The predicted octanol–water partition coefficient (Wildman–Crippen LogP) is -0.354. The van der Waals surface area contributed by atoms with Crippen LogP contribution in [0.25, 0.3) is 0 Å². The normalized spacial score (nSPS) is 22.5. The Hall–Kier alpha value is -0.170. The minimum Gasteiger partial charge on any atom is -0.380 e. The fourth-order valence-corrected chi connectivity index (χ4v) is 2.87. The summed E-state index contributed by atoms with van der Waals surface area (Å²) in [6.45, 7) is 4.46. The molecule has 6 heteroatoms. The van der Waals surface area contributed by atoms with Gasteiger partial charge in [-0.3, -0.25) is 0 Å². The number of nitrogens with one attached hydrogen (secondary N) is 1. The average Bonchev–Trinajstić information content (AvgIpc) is 2.69. The first-order valence-corrected chi connectivity index (χ1v) is 6.93. The largest absolute Gasteiger partial charge is 0.380 e. The molecule has 0 amide bonds. The molecule has 1 heterocycles. The third-order valence-electron chi connectivity index (χ3n) is 2.65. The molecule has 1 N–H and O–H groups in total. The van der Waals surface area contributed by atoms with Gasteiger partial charge in [-0.1, -0.05) is 6.92 Å². The molecule has 0 bridgehead atoms. The third-order valence-corrected chi connectivity index (χ3v) is 4.54. The van der Waals surface area contributed by atoms with Gasteiger partial charge in [-0.2, -0.15) is 4.31 Å². The van der Waals surface area contributed by atoms with E-state index in [9.17, 15) is 8.42 Å². The van der Waals surface area contributed by atoms with E-state index in [1.165, 1.54) is 4.31 Å². The molecule has 1 unspecified atom stereocenters. The molecular formula is C9H20N2O3S. The van der Waals surface area contributed by atoms with Crippen molar-refractivity contribution in [3.8, 4) is 0 Å². The molecule has 90 valence electrons. The van der Waals surface area contributed by atoms with E-state index in [1.807, 2.05) is 6.92 Å². The molecule has 1 rings (SSSR count). The van der Waals surface area contributed by atoms with Gasteiger partial charge in [0.1, 0.15) is 0 Å². The number of sulfonamides is 1. The molecule has 1 atom stereocenters. The Morgan fingerprint density at radius 1 is 1.53 bits per heavy atom. The fraction of sp³-hybridized carbons (Fsp3) is 1.00. The van der Waals surface area contributed by atoms with Gasteiger partial charge < -0.3 is 10.1 Å².